The SMILES string of the molecule is O=C(NC1CCCCC1)[C@@H]1CCCN1C(=O)c1ccc(Cl)cc1Cl. The lowest BCUT2D eigenvalue weighted by Gasteiger charge is -2.28. The molecule has 0 unspecified atom stereocenters. The van der Waals surface area contributed by atoms with Gasteiger partial charge in [0.25, 0.3) is 5.91 Å². The quantitative estimate of drug-likeness (QED) is 0.874. The second-order valence-electron chi connectivity index (χ2n) is 6.62. The average molecular weight is 369 g/mol. The van der Waals surface area contributed by atoms with E-state index in [4.69, 9.17) is 23.2 Å². The van der Waals surface area contributed by atoms with E-state index in [2.05, 4.69) is 5.32 Å². The van der Waals surface area contributed by atoms with Crippen molar-refractivity contribution in [3.05, 3.63) is 33.8 Å². The summed E-state index contributed by atoms with van der Waals surface area (Å²) in [6.45, 7) is 0.584. The van der Waals surface area contributed by atoms with E-state index in [1.165, 1.54) is 19.3 Å². The highest BCUT2D eigenvalue weighted by molar-refractivity contribution is 6.36. The number of hydrogen-bond donors (Lipinski definition) is 1. The maximum Gasteiger partial charge on any atom is 0.256 e. The number of amides is 2. The summed E-state index contributed by atoms with van der Waals surface area (Å²) in [6, 6.07) is 4.69. The molecule has 4 nitrogen and oxygen atoms in total. The molecule has 24 heavy (non-hydrogen) atoms. The summed E-state index contributed by atoms with van der Waals surface area (Å²) < 4.78 is 0. The van der Waals surface area contributed by atoms with Crippen LogP contribution in [0.25, 0.3) is 0 Å². The maximum atomic E-state index is 12.8. The monoisotopic (exact) mass is 368 g/mol. The number of hydrogen-bond acceptors (Lipinski definition) is 2. The number of carbonyl (C=O) groups excluding carboxylic acids is 2. The van der Waals surface area contributed by atoms with Gasteiger partial charge in [-0.25, -0.2) is 0 Å². The second kappa shape index (κ2) is 7.75. The van der Waals surface area contributed by atoms with Crippen molar-refractivity contribution in [1.82, 2.24) is 10.2 Å². The predicted molar refractivity (Wildman–Crippen MR) is 95.5 cm³/mol. The lowest BCUT2D eigenvalue weighted by Crippen LogP contribution is -2.49. The molecule has 2 fully saturated rings. The first-order valence-electron chi connectivity index (χ1n) is 8.62. The molecule has 1 heterocycles. The third kappa shape index (κ3) is 3.86. The maximum absolute atomic E-state index is 12.8. The van der Waals surface area contributed by atoms with Crippen molar-refractivity contribution >= 4 is 35.0 Å². The van der Waals surface area contributed by atoms with E-state index in [9.17, 15) is 9.59 Å². The molecule has 1 aliphatic carbocycles. The standard InChI is InChI=1S/C18H22Cl2N2O2/c19-12-8-9-14(15(20)11-12)18(24)22-10-4-7-16(22)17(23)21-13-5-2-1-3-6-13/h8-9,11,13,16H,1-7,10H2,(H,21,23)/t16-/m0/s1. The minimum absolute atomic E-state index is 0.0298. The van der Waals surface area contributed by atoms with Crippen molar-refractivity contribution in [1.29, 1.82) is 0 Å². The first-order valence-corrected chi connectivity index (χ1v) is 9.38. The minimum atomic E-state index is -0.397. The zero-order valence-corrected chi connectivity index (χ0v) is 15.1. The van der Waals surface area contributed by atoms with Crippen molar-refractivity contribution in [3.8, 4) is 0 Å². The Morgan fingerprint density at radius 2 is 1.79 bits per heavy atom. The van der Waals surface area contributed by atoms with Gasteiger partial charge in [-0.2, -0.15) is 0 Å². The van der Waals surface area contributed by atoms with Crippen molar-refractivity contribution in [2.75, 3.05) is 6.54 Å². The van der Waals surface area contributed by atoms with Crippen LogP contribution in [-0.4, -0.2) is 35.3 Å². The van der Waals surface area contributed by atoms with Crippen molar-refractivity contribution in [3.63, 3.8) is 0 Å². The molecule has 1 aliphatic heterocycles. The lowest BCUT2D eigenvalue weighted by atomic mass is 9.95. The molecule has 0 aromatic heterocycles. The van der Waals surface area contributed by atoms with E-state index < -0.39 is 6.04 Å². The Morgan fingerprint density at radius 1 is 1.04 bits per heavy atom. The summed E-state index contributed by atoms with van der Waals surface area (Å²) in [5.41, 5.74) is 0.401. The Kier molecular flexibility index (Phi) is 5.67. The Bertz CT molecular complexity index is 629. The first-order chi connectivity index (χ1) is 11.6. The van der Waals surface area contributed by atoms with Gasteiger partial charge in [0.05, 0.1) is 10.6 Å². The third-order valence-corrected chi connectivity index (χ3v) is 5.48. The lowest BCUT2D eigenvalue weighted by molar-refractivity contribution is -0.125. The average Bonchev–Trinajstić information content (AvgIpc) is 3.05. The van der Waals surface area contributed by atoms with Crippen LogP contribution in [0.1, 0.15) is 55.3 Å². The molecule has 3 rings (SSSR count). The summed E-state index contributed by atoms with van der Waals surface area (Å²) in [7, 11) is 0. The zero-order chi connectivity index (χ0) is 17.1. The highest BCUT2D eigenvalue weighted by atomic mass is 35.5. The fraction of sp³-hybridized carbons (Fsp3) is 0.556. The Balaban J connectivity index is 1.70. The van der Waals surface area contributed by atoms with Crippen LogP contribution in [0.15, 0.2) is 18.2 Å². The molecule has 130 valence electrons. The zero-order valence-electron chi connectivity index (χ0n) is 13.6. The van der Waals surface area contributed by atoms with Crippen LogP contribution >= 0.6 is 23.2 Å². The second-order valence-corrected chi connectivity index (χ2v) is 7.47. The summed E-state index contributed by atoms with van der Waals surface area (Å²) in [5.74, 6) is -0.226. The van der Waals surface area contributed by atoms with Crippen LogP contribution in [0.4, 0.5) is 0 Å². The van der Waals surface area contributed by atoms with Gasteiger partial charge in [0.2, 0.25) is 5.91 Å². The van der Waals surface area contributed by atoms with Gasteiger partial charge in [-0.1, -0.05) is 42.5 Å². The van der Waals surface area contributed by atoms with E-state index in [0.717, 1.165) is 19.3 Å². The van der Waals surface area contributed by atoms with Gasteiger partial charge in [0.15, 0.2) is 0 Å². The molecule has 1 atom stereocenters. The molecule has 0 spiro atoms. The molecule has 1 aromatic carbocycles. The van der Waals surface area contributed by atoms with Crippen molar-refractivity contribution < 1.29 is 9.59 Å². The molecule has 1 N–H and O–H groups in total. The Morgan fingerprint density at radius 3 is 2.50 bits per heavy atom. The van der Waals surface area contributed by atoms with Crippen LogP contribution in [0.2, 0.25) is 10.0 Å². The molecule has 2 amide bonds. The molecule has 1 saturated carbocycles. The summed E-state index contributed by atoms with van der Waals surface area (Å²) in [4.78, 5) is 27.1. The van der Waals surface area contributed by atoms with Crippen LogP contribution < -0.4 is 5.32 Å². The molecule has 1 aromatic rings. The van der Waals surface area contributed by atoms with Crippen LogP contribution in [-0.2, 0) is 4.79 Å². The number of likely N-dealkylation sites (tertiary alicyclic amines) is 1. The molecule has 6 heteroatoms. The minimum Gasteiger partial charge on any atom is -0.352 e. The number of rotatable bonds is 3. The van der Waals surface area contributed by atoms with Crippen molar-refractivity contribution in [2.24, 2.45) is 0 Å². The number of carbonyl (C=O) groups is 2. The number of nitrogens with one attached hydrogen (secondary N) is 1. The van der Waals surface area contributed by atoms with E-state index in [1.807, 2.05) is 0 Å². The normalized spacial score (nSPS) is 21.8. The van der Waals surface area contributed by atoms with Gasteiger partial charge in [-0.15, -0.1) is 0 Å². The third-order valence-electron chi connectivity index (χ3n) is 4.93. The molecule has 0 radical (unpaired) electrons. The summed E-state index contributed by atoms with van der Waals surface area (Å²) >= 11 is 12.0. The smallest absolute Gasteiger partial charge is 0.256 e. The van der Waals surface area contributed by atoms with Gasteiger partial charge in [0, 0.05) is 17.6 Å². The van der Waals surface area contributed by atoms with E-state index in [0.29, 0.717) is 28.6 Å². The topological polar surface area (TPSA) is 49.4 Å². The fourth-order valence-electron chi connectivity index (χ4n) is 3.64. The predicted octanol–water partition coefficient (Wildman–Crippen LogP) is 4.05. The first kappa shape index (κ1) is 17.6. The molecular weight excluding hydrogens is 347 g/mol. The number of nitrogens with zero attached hydrogens (tertiary/aromatic N) is 1. The van der Waals surface area contributed by atoms with Crippen LogP contribution in [0.5, 0.6) is 0 Å². The van der Waals surface area contributed by atoms with E-state index >= 15 is 0 Å². The summed E-state index contributed by atoms with van der Waals surface area (Å²) in [5, 5.41) is 3.95. The van der Waals surface area contributed by atoms with E-state index in [1.54, 1.807) is 23.1 Å². The molecular formula is C18H22Cl2N2O2. The highest BCUT2D eigenvalue weighted by Gasteiger charge is 2.36. The molecule has 0 bridgehead atoms. The molecule has 1 saturated heterocycles. The van der Waals surface area contributed by atoms with Gasteiger partial charge in [-0.05, 0) is 43.9 Å². The van der Waals surface area contributed by atoms with Gasteiger partial charge < -0.3 is 10.2 Å². The van der Waals surface area contributed by atoms with Crippen LogP contribution in [0, 0.1) is 0 Å². The van der Waals surface area contributed by atoms with Crippen molar-refractivity contribution in [2.45, 2.75) is 57.0 Å². The van der Waals surface area contributed by atoms with Gasteiger partial charge in [0.1, 0.15) is 6.04 Å². The molecule has 2 aliphatic rings. The van der Waals surface area contributed by atoms with Gasteiger partial charge >= 0.3 is 0 Å². The van der Waals surface area contributed by atoms with Crippen LogP contribution in [0.3, 0.4) is 0 Å². The van der Waals surface area contributed by atoms with E-state index in [-0.39, 0.29) is 17.9 Å². The number of halogens is 2. The fourth-order valence-corrected chi connectivity index (χ4v) is 4.13. The Labute approximate surface area is 152 Å². The summed E-state index contributed by atoms with van der Waals surface area (Å²) in [6.07, 6.45) is 7.19. The largest absolute Gasteiger partial charge is 0.352 e. The number of benzene rings is 1. The Hall–Kier alpha value is -1.26. The highest BCUT2D eigenvalue weighted by Crippen LogP contribution is 2.27. The van der Waals surface area contributed by atoms with Gasteiger partial charge in [-0.3, -0.25) is 9.59 Å².